The van der Waals surface area contributed by atoms with Crippen molar-refractivity contribution < 1.29 is 4.74 Å². The highest BCUT2D eigenvalue weighted by molar-refractivity contribution is 6.30. The molecule has 0 bridgehead atoms. The molecular formula is C13H18ClNO. The van der Waals surface area contributed by atoms with Crippen LogP contribution in [0.3, 0.4) is 0 Å². The smallest absolute Gasteiger partial charge is 0.0740 e. The number of nitrogen functional groups attached to an aromatic ring is 1. The van der Waals surface area contributed by atoms with Crippen LogP contribution in [0.15, 0.2) is 18.2 Å². The van der Waals surface area contributed by atoms with Crippen LogP contribution in [0.25, 0.3) is 0 Å². The van der Waals surface area contributed by atoms with Gasteiger partial charge in [0.2, 0.25) is 0 Å². The molecule has 1 fully saturated rings. The molecule has 0 radical (unpaired) electrons. The molecule has 0 heterocycles. The molecule has 2 nitrogen and oxygen atoms in total. The predicted octanol–water partition coefficient (Wildman–Crippen LogP) is 3.77. The summed E-state index contributed by atoms with van der Waals surface area (Å²) in [6.45, 7) is 0.605. The Morgan fingerprint density at radius 1 is 1.25 bits per heavy atom. The first-order chi connectivity index (χ1) is 7.75. The molecule has 0 atom stereocenters. The molecule has 0 amide bonds. The Bertz CT molecular complexity index is 348. The van der Waals surface area contributed by atoms with E-state index in [9.17, 15) is 0 Å². The molecule has 1 aromatic carbocycles. The predicted molar refractivity (Wildman–Crippen MR) is 67.5 cm³/mol. The fraction of sp³-hybridized carbons (Fsp3) is 0.538. The van der Waals surface area contributed by atoms with Gasteiger partial charge in [-0.2, -0.15) is 0 Å². The summed E-state index contributed by atoms with van der Waals surface area (Å²) in [7, 11) is 0. The summed E-state index contributed by atoms with van der Waals surface area (Å²) in [5.41, 5.74) is 7.63. The number of nitrogens with two attached hydrogens (primary N) is 1. The quantitative estimate of drug-likeness (QED) is 0.815. The van der Waals surface area contributed by atoms with Crippen molar-refractivity contribution in [2.45, 2.75) is 44.8 Å². The number of hydrogen-bond donors (Lipinski definition) is 1. The third-order valence-corrected chi connectivity index (χ3v) is 3.37. The van der Waals surface area contributed by atoms with E-state index in [1.807, 2.05) is 12.1 Å². The number of anilines is 1. The van der Waals surface area contributed by atoms with Gasteiger partial charge in [0.1, 0.15) is 0 Å². The van der Waals surface area contributed by atoms with Crippen molar-refractivity contribution in [1.29, 1.82) is 0 Å². The second-order valence-corrected chi connectivity index (χ2v) is 4.85. The van der Waals surface area contributed by atoms with Crippen molar-refractivity contribution >= 4 is 17.3 Å². The topological polar surface area (TPSA) is 35.2 Å². The fourth-order valence-electron chi connectivity index (χ4n) is 2.14. The van der Waals surface area contributed by atoms with Gasteiger partial charge < -0.3 is 10.5 Å². The Balaban J connectivity index is 1.88. The largest absolute Gasteiger partial charge is 0.398 e. The van der Waals surface area contributed by atoms with Crippen LogP contribution in [0.5, 0.6) is 0 Å². The van der Waals surface area contributed by atoms with Crippen molar-refractivity contribution in [2.75, 3.05) is 5.73 Å². The molecule has 1 aliphatic carbocycles. The van der Waals surface area contributed by atoms with Gasteiger partial charge >= 0.3 is 0 Å². The van der Waals surface area contributed by atoms with E-state index < -0.39 is 0 Å². The van der Waals surface area contributed by atoms with Gasteiger partial charge in [0, 0.05) is 16.3 Å². The monoisotopic (exact) mass is 239 g/mol. The van der Waals surface area contributed by atoms with Gasteiger partial charge in [0.25, 0.3) is 0 Å². The van der Waals surface area contributed by atoms with Crippen LogP contribution >= 0.6 is 11.6 Å². The van der Waals surface area contributed by atoms with Crippen LogP contribution in [0, 0.1) is 0 Å². The summed E-state index contributed by atoms with van der Waals surface area (Å²) in [5, 5.41) is 0.680. The highest BCUT2D eigenvalue weighted by Gasteiger charge is 2.14. The van der Waals surface area contributed by atoms with Crippen LogP contribution in [0.4, 0.5) is 5.69 Å². The Morgan fingerprint density at radius 2 is 2.00 bits per heavy atom. The molecule has 3 heteroatoms. The highest BCUT2D eigenvalue weighted by Crippen LogP contribution is 2.23. The van der Waals surface area contributed by atoms with Gasteiger partial charge in [0.15, 0.2) is 0 Å². The SMILES string of the molecule is Nc1cc(Cl)ccc1COC1CCCCC1. The van der Waals surface area contributed by atoms with Gasteiger partial charge in [-0.05, 0) is 25.0 Å². The molecule has 0 unspecified atom stereocenters. The van der Waals surface area contributed by atoms with Crippen LogP contribution in [-0.2, 0) is 11.3 Å². The van der Waals surface area contributed by atoms with Crippen LogP contribution in [0.1, 0.15) is 37.7 Å². The minimum atomic E-state index is 0.420. The second-order valence-electron chi connectivity index (χ2n) is 4.41. The number of hydrogen-bond acceptors (Lipinski definition) is 2. The maximum absolute atomic E-state index is 5.87. The molecule has 1 aliphatic rings. The lowest BCUT2D eigenvalue weighted by atomic mass is 9.98. The summed E-state index contributed by atoms with van der Waals surface area (Å²) < 4.78 is 5.87. The first-order valence-electron chi connectivity index (χ1n) is 5.91. The summed E-state index contributed by atoms with van der Waals surface area (Å²) in [6.07, 6.45) is 6.73. The molecule has 88 valence electrons. The molecule has 0 aromatic heterocycles. The number of rotatable bonds is 3. The van der Waals surface area contributed by atoms with Gasteiger partial charge in [0.05, 0.1) is 12.7 Å². The third kappa shape index (κ3) is 3.13. The zero-order chi connectivity index (χ0) is 11.4. The summed E-state index contributed by atoms with van der Waals surface area (Å²) in [6, 6.07) is 5.58. The van der Waals surface area contributed by atoms with E-state index in [-0.39, 0.29) is 0 Å². The van der Waals surface area contributed by atoms with E-state index in [1.54, 1.807) is 6.07 Å². The Labute approximate surface area is 102 Å². The van der Waals surface area contributed by atoms with E-state index in [2.05, 4.69) is 0 Å². The van der Waals surface area contributed by atoms with E-state index in [0.29, 0.717) is 17.7 Å². The van der Waals surface area contributed by atoms with Gasteiger partial charge in [-0.25, -0.2) is 0 Å². The molecule has 0 aliphatic heterocycles. The summed E-state index contributed by atoms with van der Waals surface area (Å²) >= 11 is 5.84. The first kappa shape index (κ1) is 11.7. The third-order valence-electron chi connectivity index (χ3n) is 3.13. The number of benzene rings is 1. The van der Waals surface area contributed by atoms with Crippen molar-refractivity contribution in [1.82, 2.24) is 0 Å². The zero-order valence-electron chi connectivity index (χ0n) is 9.42. The molecule has 0 spiro atoms. The second kappa shape index (κ2) is 5.55. The van der Waals surface area contributed by atoms with E-state index in [0.717, 1.165) is 11.3 Å². The van der Waals surface area contributed by atoms with Crippen LogP contribution in [-0.4, -0.2) is 6.10 Å². The summed E-state index contributed by atoms with van der Waals surface area (Å²) in [4.78, 5) is 0. The van der Waals surface area contributed by atoms with Crippen LogP contribution in [0.2, 0.25) is 5.02 Å². The lowest BCUT2D eigenvalue weighted by molar-refractivity contribution is 0.0171. The standard InChI is InChI=1S/C13H18ClNO/c14-11-7-6-10(13(15)8-11)9-16-12-4-2-1-3-5-12/h6-8,12H,1-5,9,15H2. The first-order valence-corrected chi connectivity index (χ1v) is 6.29. The Hall–Kier alpha value is -0.730. The average Bonchev–Trinajstić information content (AvgIpc) is 2.29. The lowest BCUT2D eigenvalue weighted by Crippen LogP contribution is -2.16. The average molecular weight is 240 g/mol. The highest BCUT2D eigenvalue weighted by atomic mass is 35.5. The van der Waals surface area contributed by atoms with Gasteiger partial charge in [-0.3, -0.25) is 0 Å². The minimum absolute atomic E-state index is 0.420. The van der Waals surface area contributed by atoms with Crippen molar-refractivity contribution in [2.24, 2.45) is 0 Å². The molecule has 2 N–H and O–H groups in total. The molecule has 1 saturated carbocycles. The van der Waals surface area contributed by atoms with Gasteiger partial charge in [-0.1, -0.05) is 36.9 Å². The Morgan fingerprint density at radius 3 is 2.69 bits per heavy atom. The van der Waals surface area contributed by atoms with E-state index in [1.165, 1.54) is 32.1 Å². The molecular weight excluding hydrogens is 222 g/mol. The molecule has 0 saturated heterocycles. The van der Waals surface area contributed by atoms with Crippen molar-refractivity contribution in [3.05, 3.63) is 28.8 Å². The normalized spacial score (nSPS) is 17.6. The fourth-order valence-corrected chi connectivity index (χ4v) is 2.32. The van der Waals surface area contributed by atoms with E-state index in [4.69, 9.17) is 22.1 Å². The van der Waals surface area contributed by atoms with Crippen molar-refractivity contribution in [3.63, 3.8) is 0 Å². The summed E-state index contributed by atoms with van der Waals surface area (Å²) in [5.74, 6) is 0. The lowest BCUT2D eigenvalue weighted by Gasteiger charge is -2.22. The number of halogens is 1. The molecule has 1 aromatic rings. The Kier molecular flexibility index (Phi) is 4.08. The molecule has 2 rings (SSSR count). The van der Waals surface area contributed by atoms with Crippen molar-refractivity contribution in [3.8, 4) is 0 Å². The van der Waals surface area contributed by atoms with Crippen LogP contribution < -0.4 is 5.73 Å². The number of ether oxygens (including phenoxy) is 1. The molecule has 16 heavy (non-hydrogen) atoms. The van der Waals surface area contributed by atoms with Gasteiger partial charge in [-0.15, -0.1) is 0 Å². The zero-order valence-corrected chi connectivity index (χ0v) is 10.2. The minimum Gasteiger partial charge on any atom is -0.398 e. The maximum Gasteiger partial charge on any atom is 0.0740 e. The van der Waals surface area contributed by atoms with E-state index >= 15 is 0 Å². The maximum atomic E-state index is 5.87.